The lowest BCUT2D eigenvalue weighted by Crippen LogP contribution is -2.38. The number of hydrogen-bond acceptors (Lipinski definition) is 5. The highest BCUT2D eigenvalue weighted by Gasteiger charge is 2.31. The molecule has 7 nitrogen and oxygen atoms in total. The fourth-order valence-electron chi connectivity index (χ4n) is 2.48. The van der Waals surface area contributed by atoms with E-state index in [1.54, 1.807) is 11.9 Å². The molecule has 2 aromatic heterocycles. The fraction of sp³-hybridized carbons (Fsp3) is 0.429. The Morgan fingerprint density at radius 2 is 2.21 bits per heavy atom. The number of aromatic nitrogens is 4. The molecule has 3 rings (SSSR count). The highest BCUT2D eigenvalue weighted by molar-refractivity contribution is 5.92. The molecule has 3 heterocycles. The van der Waals surface area contributed by atoms with Gasteiger partial charge in [0.15, 0.2) is 11.5 Å². The molecule has 0 aromatic carbocycles. The van der Waals surface area contributed by atoms with Gasteiger partial charge in [-0.2, -0.15) is 13.2 Å². The number of nitrogens with one attached hydrogen (secondary N) is 1. The molecule has 128 valence electrons. The minimum Gasteiger partial charge on any atom is -0.336 e. The van der Waals surface area contributed by atoms with Gasteiger partial charge in [-0.1, -0.05) is 5.21 Å². The number of rotatable bonds is 3. The minimum atomic E-state index is -4.45. The molecule has 2 aromatic rings. The molecule has 1 fully saturated rings. The summed E-state index contributed by atoms with van der Waals surface area (Å²) in [6.07, 6.45) is -1.52. The van der Waals surface area contributed by atoms with Crippen LogP contribution in [0.5, 0.6) is 0 Å². The first-order chi connectivity index (χ1) is 11.4. The first-order valence-corrected chi connectivity index (χ1v) is 7.30. The molecule has 10 heteroatoms. The van der Waals surface area contributed by atoms with Gasteiger partial charge in [-0.05, 0) is 25.1 Å². The van der Waals surface area contributed by atoms with E-state index in [-0.39, 0.29) is 23.5 Å². The van der Waals surface area contributed by atoms with Gasteiger partial charge >= 0.3 is 6.18 Å². The summed E-state index contributed by atoms with van der Waals surface area (Å²) in [6.45, 7) is 1.57. The molecule has 0 radical (unpaired) electrons. The van der Waals surface area contributed by atoms with Crippen LogP contribution in [0.3, 0.4) is 0 Å². The number of carbonyl (C=O) groups excluding carboxylic acids is 1. The van der Waals surface area contributed by atoms with E-state index in [4.69, 9.17) is 0 Å². The maximum absolute atomic E-state index is 12.5. The second-order valence-corrected chi connectivity index (χ2v) is 5.51. The number of hydrogen-bond donors (Lipinski definition) is 1. The first-order valence-electron chi connectivity index (χ1n) is 7.30. The number of pyridine rings is 1. The molecule has 0 bridgehead atoms. The molecular formula is C14H15F3N6O. The Kier molecular flexibility index (Phi) is 4.22. The summed E-state index contributed by atoms with van der Waals surface area (Å²) in [6, 6.07) is 2.17. The number of carbonyl (C=O) groups is 1. The van der Waals surface area contributed by atoms with Crippen LogP contribution in [0.1, 0.15) is 22.5 Å². The highest BCUT2D eigenvalue weighted by atomic mass is 19.4. The van der Waals surface area contributed by atoms with Crippen LogP contribution >= 0.6 is 0 Å². The van der Waals surface area contributed by atoms with Crippen molar-refractivity contribution < 1.29 is 18.0 Å². The quantitative estimate of drug-likeness (QED) is 0.906. The number of halogens is 3. The summed E-state index contributed by atoms with van der Waals surface area (Å²) in [7, 11) is 1.69. The Morgan fingerprint density at radius 3 is 2.79 bits per heavy atom. The predicted octanol–water partition coefficient (Wildman–Crippen LogP) is 1.11. The van der Waals surface area contributed by atoms with Crippen LogP contribution in [0.4, 0.5) is 13.2 Å². The SMILES string of the molecule is CN(C(=O)c1cn(-c2ccc(C(F)(F)F)cn2)nn1)C1CCNC1. The normalized spacial score (nSPS) is 17.9. The third kappa shape index (κ3) is 3.23. The summed E-state index contributed by atoms with van der Waals surface area (Å²) in [5.74, 6) is -0.137. The van der Waals surface area contributed by atoms with Crippen molar-refractivity contribution in [3.05, 3.63) is 35.8 Å². The van der Waals surface area contributed by atoms with Crippen molar-refractivity contribution in [1.29, 1.82) is 0 Å². The summed E-state index contributed by atoms with van der Waals surface area (Å²) >= 11 is 0. The van der Waals surface area contributed by atoms with E-state index >= 15 is 0 Å². The average Bonchev–Trinajstić information content (AvgIpc) is 3.24. The molecule has 24 heavy (non-hydrogen) atoms. The largest absolute Gasteiger partial charge is 0.417 e. The molecule has 1 saturated heterocycles. The van der Waals surface area contributed by atoms with Gasteiger partial charge in [-0.15, -0.1) is 5.10 Å². The van der Waals surface area contributed by atoms with E-state index in [1.807, 2.05) is 0 Å². The number of likely N-dealkylation sites (N-methyl/N-ethyl adjacent to an activating group) is 1. The van der Waals surface area contributed by atoms with Gasteiger partial charge in [0, 0.05) is 25.8 Å². The highest BCUT2D eigenvalue weighted by Crippen LogP contribution is 2.28. The van der Waals surface area contributed by atoms with E-state index < -0.39 is 11.7 Å². The van der Waals surface area contributed by atoms with Gasteiger partial charge in [-0.25, -0.2) is 9.67 Å². The molecule has 1 aliphatic heterocycles. The molecular weight excluding hydrogens is 325 g/mol. The Labute approximate surface area is 135 Å². The third-order valence-electron chi connectivity index (χ3n) is 3.92. The molecule has 1 atom stereocenters. The van der Waals surface area contributed by atoms with Crippen LogP contribution in [0.25, 0.3) is 5.82 Å². The van der Waals surface area contributed by atoms with E-state index in [2.05, 4.69) is 20.6 Å². The molecule has 1 N–H and O–H groups in total. The van der Waals surface area contributed by atoms with E-state index in [9.17, 15) is 18.0 Å². The topological polar surface area (TPSA) is 75.9 Å². The summed E-state index contributed by atoms with van der Waals surface area (Å²) in [5, 5.41) is 10.7. The number of alkyl halides is 3. The standard InChI is InChI=1S/C14H15F3N6O/c1-22(10-4-5-18-7-10)13(24)11-8-23(21-20-11)12-3-2-9(6-19-12)14(15,16)17/h2-3,6,8,10,18H,4-5,7H2,1H3. The monoisotopic (exact) mass is 340 g/mol. The smallest absolute Gasteiger partial charge is 0.336 e. The van der Waals surface area contributed by atoms with Crippen LogP contribution in [0, 0.1) is 0 Å². The van der Waals surface area contributed by atoms with Gasteiger partial charge in [0.2, 0.25) is 0 Å². The van der Waals surface area contributed by atoms with Crippen molar-refractivity contribution in [1.82, 2.24) is 30.2 Å². The van der Waals surface area contributed by atoms with Gasteiger partial charge in [0.25, 0.3) is 5.91 Å². The van der Waals surface area contributed by atoms with Gasteiger partial charge < -0.3 is 10.2 Å². The zero-order valence-corrected chi connectivity index (χ0v) is 12.8. The number of amides is 1. The van der Waals surface area contributed by atoms with Crippen molar-refractivity contribution in [2.45, 2.75) is 18.6 Å². The van der Waals surface area contributed by atoms with Crippen molar-refractivity contribution in [2.75, 3.05) is 20.1 Å². The minimum absolute atomic E-state index is 0.0897. The lowest BCUT2D eigenvalue weighted by molar-refractivity contribution is -0.137. The van der Waals surface area contributed by atoms with Crippen LogP contribution in [-0.4, -0.2) is 57.0 Å². The Bertz CT molecular complexity index is 721. The lowest BCUT2D eigenvalue weighted by atomic mass is 10.2. The van der Waals surface area contributed by atoms with Crippen molar-refractivity contribution in [2.24, 2.45) is 0 Å². The van der Waals surface area contributed by atoms with E-state index in [0.717, 1.165) is 31.8 Å². The summed E-state index contributed by atoms with van der Waals surface area (Å²) < 4.78 is 38.8. The van der Waals surface area contributed by atoms with E-state index in [0.29, 0.717) is 0 Å². The summed E-state index contributed by atoms with van der Waals surface area (Å²) in [5.41, 5.74) is -0.734. The number of nitrogens with zero attached hydrogens (tertiary/aromatic N) is 5. The van der Waals surface area contributed by atoms with Crippen LogP contribution < -0.4 is 5.32 Å². The van der Waals surface area contributed by atoms with Gasteiger partial charge in [0.05, 0.1) is 11.8 Å². The molecule has 0 saturated carbocycles. The predicted molar refractivity (Wildman–Crippen MR) is 77.5 cm³/mol. The first kappa shape index (κ1) is 16.4. The van der Waals surface area contributed by atoms with Crippen LogP contribution in [0.2, 0.25) is 0 Å². The van der Waals surface area contributed by atoms with Crippen molar-refractivity contribution in [3.8, 4) is 5.82 Å². The second-order valence-electron chi connectivity index (χ2n) is 5.51. The zero-order valence-electron chi connectivity index (χ0n) is 12.8. The van der Waals surface area contributed by atoms with Crippen molar-refractivity contribution in [3.63, 3.8) is 0 Å². The molecule has 1 unspecified atom stereocenters. The maximum Gasteiger partial charge on any atom is 0.417 e. The molecule has 0 spiro atoms. The second kappa shape index (κ2) is 6.19. The van der Waals surface area contributed by atoms with Crippen LogP contribution in [-0.2, 0) is 6.18 Å². The fourth-order valence-corrected chi connectivity index (χ4v) is 2.48. The van der Waals surface area contributed by atoms with Crippen LogP contribution in [0.15, 0.2) is 24.5 Å². The molecule has 1 aliphatic rings. The molecule has 1 amide bonds. The lowest BCUT2D eigenvalue weighted by Gasteiger charge is -2.22. The van der Waals surface area contributed by atoms with Gasteiger partial charge in [-0.3, -0.25) is 4.79 Å². The third-order valence-corrected chi connectivity index (χ3v) is 3.92. The Hall–Kier alpha value is -2.49. The zero-order chi connectivity index (χ0) is 17.3. The van der Waals surface area contributed by atoms with Gasteiger partial charge in [0.1, 0.15) is 0 Å². The maximum atomic E-state index is 12.5. The average molecular weight is 340 g/mol. The Morgan fingerprint density at radius 1 is 1.42 bits per heavy atom. The Balaban J connectivity index is 1.76. The van der Waals surface area contributed by atoms with Crippen molar-refractivity contribution >= 4 is 5.91 Å². The summed E-state index contributed by atoms with van der Waals surface area (Å²) in [4.78, 5) is 17.7. The van der Waals surface area contributed by atoms with E-state index in [1.165, 1.54) is 16.9 Å². The molecule has 0 aliphatic carbocycles.